The number of likely N-dealkylation sites (tertiary alicyclic amines) is 1. The van der Waals surface area contributed by atoms with Crippen molar-refractivity contribution in [1.82, 2.24) is 9.88 Å². The Hall–Kier alpha value is -1.42. The highest BCUT2D eigenvalue weighted by Gasteiger charge is 2.36. The van der Waals surface area contributed by atoms with Crippen LogP contribution in [0.5, 0.6) is 0 Å². The van der Waals surface area contributed by atoms with Gasteiger partial charge < -0.3 is 20.2 Å². The van der Waals surface area contributed by atoms with E-state index in [2.05, 4.69) is 4.98 Å². The lowest BCUT2D eigenvalue weighted by molar-refractivity contribution is -0.137. The van der Waals surface area contributed by atoms with Crippen LogP contribution < -0.4 is 4.90 Å². The van der Waals surface area contributed by atoms with E-state index in [9.17, 15) is 28.5 Å². The summed E-state index contributed by atoms with van der Waals surface area (Å²) in [5.41, 5.74) is -0.309. The van der Waals surface area contributed by atoms with Crippen LogP contribution in [0, 0.1) is 5.92 Å². The Balaban J connectivity index is 1.59. The topological polar surface area (TPSA) is 80.1 Å². The molecule has 25 heavy (non-hydrogen) atoms. The Bertz CT molecular complexity index is 589. The molecule has 1 aromatic rings. The van der Waals surface area contributed by atoms with Gasteiger partial charge in [-0.25, -0.2) is 0 Å². The summed E-state index contributed by atoms with van der Waals surface area (Å²) in [5, 5.41) is 29.1. The molecule has 2 fully saturated rings. The molecule has 1 aromatic heterocycles. The number of alkyl halides is 3. The van der Waals surface area contributed by atoms with Crippen LogP contribution >= 0.6 is 0 Å². The number of halogens is 3. The normalized spacial score (nSPS) is 31.5. The quantitative estimate of drug-likeness (QED) is 0.720. The molecule has 0 amide bonds. The molecule has 3 atom stereocenters. The SMILES string of the molecule is OC1CN(C[C@H]2CCN(c3cncc(C(F)(F)F)c3)C2)CC(O)C1O. The molecule has 6 nitrogen and oxygen atoms in total. The zero-order valence-corrected chi connectivity index (χ0v) is 13.6. The molecule has 0 radical (unpaired) electrons. The molecule has 140 valence electrons. The second-order valence-corrected chi connectivity index (χ2v) is 6.87. The largest absolute Gasteiger partial charge is 0.417 e. The van der Waals surface area contributed by atoms with Crippen LogP contribution in [0.25, 0.3) is 0 Å². The van der Waals surface area contributed by atoms with Crippen molar-refractivity contribution in [3.8, 4) is 0 Å². The van der Waals surface area contributed by atoms with Crippen LogP contribution in [0.15, 0.2) is 18.5 Å². The first-order valence-corrected chi connectivity index (χ1v) is 8.28. The summed E-state index contributed by atoms with van der Waals surface area (Å²) in [4.78, 5) is 7.46. The monoisotopic (exact) mass is 361 g/mol. The van der Waals surface area contributed by atoms with Crippen LogP contribution in [0.3, 0.4) is 0 Å². The molecule has 3 rings (SSSR count). The fourth-order valence-corrected chi connectivity index (χ4v) is 3.56. The predicted octanol–water partition coefficient (Wildman–Crippen LogP) is 0.325. The summed E-state index contributed by atoms with van der Waals surface area (Å²) in [6.07, 6.45) is -4.47. The van der Waals surface area contributed by atoms with Gasteiger partial charge in [-0.1, -0.05) is 0 Å². The highest BCUT2D eigenvalue weighted by Crippen LogP contribution is 2.32. The van der Waals surface area contributed by atoms with Crippen LogP contribution in [0.4, 0.5) is 18.9 Å². The maximum atomic E-state index is 12.8. The van der Waals surface area contributed by atoms with Crippen molar-refractivity contribution in [1.29, 1.82) is 0 Å². The van der Waals surface area contributed by atoms with Crippen LogP contribution in [0.1, 0.15) is 12.0 Å². The lowest BCUT2D eigenvalue weighted by Gasteiger charge is -2.38. The molecule has 3 heterocycles. The minimum atomic E-state index is -4.41. The third kappa shape index (κ3) is 4.22. The molecule has 0 aromatic carbocycles. The van der Waals surface area contributed by atoms with Gasteiger partial charge in [-0.3, -0.25) is 9.88 Å². The van der Waals surface area contributed by atoms with Crippen molar-refractivity contribution in [2.75, 3.05) is 37.6 Å². The predicted molar refractivity (Wildman–Crippen MR) is 84.0 cm³/mol. The Morgan fingerprint density at radius 1 is 1.08 bits per heavy atom. The third-order valence-electron chi connectivity index (χ3n) is 4.90. The molecule has 2 aliphatic heterocycles. The number of β-amino-alcohol motifs (C(OH)–C–C–N with tert-alkyl or cyclic N) is 2. The van der Waals surface area contributed by atoms with Crippen LogP contribution in [0.2, 0.25) is 0 Å². The van der Waals surface area contributed by atoms with E-state index in [1.807, 2.05) is 9.80 Å². The Morgan fingerprint density at radius 2 is 1.76 bits per heavy atom. The molecular weight excluding hydrogens is 339 g/mol. The summed E-state index contributed by atoms with van der Waals surface area (Å²) in [5.74, 6) is 0.212. The van der Waals surface area contributed by atoms with E-state index < -0.39 is 30.1 Å². The van der Waals surface area contributed by atoms with Gasteiger partial charge in [0.15, 0.2) is 0 Å². The van der Waals surface area contributed by atoms with Crippen molar-refractivity contribution in [3.63, 3.8) is 0 Å². The van der Waals surface area contributed by atoms with Gasteiger partial charge in [-0.2, -0.15) is 13.2 Å². The fourth-order valence-electron chi connectivity index (χ4n) is 3.56. The van der Waals surface area contributed by atoms with E-state index >= 15 is 0 Å². The zero-order chi connectivity index (χ0) is 18.2. The summed E-state index contributed by atoms with van der Waals surface area (Å²) < 4.78 is 38.4. The number of aliphatic hydroxyl groups is 3. The second-order valence-electron chi connectivity index (χ2n) is 6.87. The second kappa shape index (κ2) is 7.06. The molecule has 3 N–H and O–H groups in total. The summed E-state index contributed by atoms with van der Waals surface area (Å²) in [6, 6.07) is 1.11. The first-order valence-electron chi connectivity index (χ1n) is 8.28. The van der Waals surface area contributed by atoms with Gasteiger partial charge in [0.05, 0.1) is 29.7 Å². The van der Waals surface area contributed by atoms with Gasteiger partial charge in [-0.15, -0.1) is 0 Å². The summed E-state index contributed by atoms with van der Waals surface area (Å²) in [6.45, 7) is 2.40. The average molecular weight is 361 g/mol. The number of hydrogen-bond donors (Lipinski definition) is 3. The molecule has 2 unspecified atom stereocenters. The highest BCUT2D eigenvalue weighted by molar-refractivity contribution is 5.47. The summed E-state index contributed by atoms with van der Waals surface area (Å²) >= 11 is 0. The number of aliphatic hydroxyl groups excluding tert-OH is 3. The van der Waals surface area contributed by atoms with Crippen molar-refractivity contribution in [3.05, 3.63) is 24.0 Å². The van der Waals surface area contributed by atoms with Crippen LogP contribution in [-0.4, -0.2) is 76.2 Å². The Kier molecular flexibility index (Phi) is 5.19. The molecule has 0 bridgehead atoms. The molecule has 2 aliphatic rings. The Labute approximate surface area is 143 Å². The van der Waals surface area contributed by atoms with Gasteiger partial charge in [0.1, 0.15) is 6.10 Å². The molecule has 9 heteroatoms. The number of pyridine rings is 1. The van der Waals surface area contributed by atoms with Crippen molar-refractivity contribution in [2.45, 2.75) is 30.9 Å². The maximum Gasteiger partial charge on any atom is 0.417 e. The van der Waals surface area contributed by atoms with Crippen molar-refractivity contribution in [2.24, 2.45) is 5.92 Å². The first kappa shape index (κ1) is 18.4. The number of piperidine rings is 1. The van der Waals surface area contributed by atoms with E-state index in [-0.39, 0.29) is 19.0 Å². The number of aromatic nitrogens is 1. The highest BCUT2D eigenvalue weighted by atomic mass is 19.4. The standard InChI is InChI=1S/C16H22F3N3O3/c17-16(18,19)11-3-12(5-20-4-11)22-2-1-10(7-22)6-21-8-13(23)15(25)14(24)9-21/h3-5,10,13-15,23-25H,1-2,6-9H2/t10-,13?,14?,15?/m1/s1. The lowest BCUT2D eigenvalue weighted by atomic mass is 10.00. The molecular formula is C16H22F3N3O3. The van der Waals surface area contributed by atoms with Gasteiger partial charge in [-0.05, 0) is 18.4 Å². The van der Waals surface area contributed by atoms with E-state index in [1.54, 1.807) is 0 Å². The number of nitrogens with zero attached hydrogens (tertiary/aromatic N) is 3. The smallest absolute Gasteiger partial charge is 0.389 e. The summed E-state index contributed by atoms with van der Waals surface area (Å²) in [7, 11) is 0. The van der Waals surface area contributed by atoms with E-state index in [4.69, 9.17) is 0 Å². The average Bonchev–Trinajstić information content (AvgIpc) is 3.00. The molecule has 0 saturated carbocycles. The van der Waals surface area contributed by atoms with Gasteiger partial charge in [0.25, 0.3) is 0 Å². The van der Waals surface area contributed by atoms with Crippen LogP contribution in [-0.2, 0) is 6.18 Å². The van der Waals surface area contributed by atoms with E-state index in [0.717, 1.165) is 18.7 Å². The number of anilines is 1. The van der Waals surface area contributed by atoms with Crippen molar-refractivity contribution >= 4 is 5.69 Å². The third-order valence-corrected chi connectivity index (χ3v) is 4.90. The molecule has 0 aliphatic carbocycles. The molecule has 2 saturated heterocycles. The minimum Gasteiger partial charge on any atom is -0.389 e. The van der Waals surface area contributed by atoms with Gasteiger partial charge in [0.2, 0.25) is 0 Å². The van der Waals surface area contributed by atoms with Gasteiger partial charge >= 0.3 is 6.18 Å². The lowest BCUT2D eigenvalue weighted by Crippen LogP contribution is -2.56. The van der Waals surface area contributed by atoms with E-state index in [0.29, 0.717) is 25.3 Å². The first-order chi connectivity index (χ1) is 11.7. The van der Waals surface area contributed by atoms with Gasteiger partial charge in [0, 0.05) is 38.9 Å². The number of hydrogen-bond acceptors (Lipinski definition) is 6. The zero-order valence-electron chi connectivity index (χ0n) is 13.6. The fraction of sp³-hybridized carbons (Fsp3) is 0.688. The van der Waals surface area contributed by atoms with Crippen molar-refractivity contribution < 1.29 is 28.5 Å². The Morgan fingerprint density at radius 3 is 2.40 bits per heavy atom. The maximum absolute atomic E-state index is 12.8. The number of rotatable bonds is 3. The molecule has 0 spiro atoms. The van der Waals surface area contributed by atoms with E-state index in [1.165, 1.54) is 6.20 Å². The minimum absolute atomic E-state index is 0.212.